The smallest absolute Gasteiger partial charge is 0.120 e. The molecule has 0 radical (unpaired) electrons. The zero-order chi connectivity index (χ0) is 20.6. The second kappa shape index (κ2) is 7.88. The van der Waals surface area contributed by atoms with Crippen molar-refractivity contribution in [3.63, 3.8) is 0 Å². The van der Waals surface area contributed by atoms with Crippen molar-refractivity contribution in [2.24, 2.45) is 0 Å². The first-order chi connectivity index (χ1) is 15.3. The standard InChI is InChI=1S/C27H24O4/c1-3-18-7-9-22(28-14-24-16-30-24)12-26(18)20(5-1)11-21-6-2-4-19-8-10-23(13-27(19)21)29-15-25-17-31-25/h1-10,12-13,24-25H,11,14-17H2. The Hall–Kier alpha value is -3.08. The fourth-order valence-electron chi connectivity index (χ4n) is 4.03. The molecule has 0 spiro atoms. The van der Waals surface area contributed by atoms with E-state index in [2.05, 4.69) is 60.7 Å². The highest BCUT2D eigenvalue weighted by Crippen LogP contribution is 2.30. The van der Waals surface area contributed by atoms with Crippen LogP contribution >= 0.6 is 0 Å². The van der Waals surface area contributed by atoms with Crippen molar-refractivity contribution in [3.05, 3.63) is 83.9 Å². The summed E-state index contributed by atoms with van der Waals surface area (Å²) in [5.41, 5.74) is 2.58. The van der Waals surface area contributed by atoms with Crippen molar-refractivity contribution in [1.29, 1.82) is 0 Å². The first kappa shape index (κ1) is 18.7. The zero-order valence-electron chi connectivity index (χ0n) is 17.3. The zero-order valence-corrected chi connectivity index (χ0v) is 17.3. The van der Waals surface area contributed by atoms with Gasteiger partial charge in [0.15, 0.2) is 0 Å². The number of benzene rings is 4. The number of fused-ring (bicyclic) bond motifs is 2. The molecule has 0 amide bonds. The molecule has 2 fully saturated rings. The van der Waals surface area contributed by atoms with E-state index in [1.807, 2.05) is 12.1 Å². The Morgan fingerprint density at radius 1 is 0.645 bits per heavy atom. The maximum absolute atomic E-state index is 5.93. The average Bonchev–Trinajstić information content (AvgIpc) is 3.72. The highest BCUT2D eigenvalue weighted by atomic mass is 16.6. The van der Waals surface area contributed by atoms with Crippen LogP contribution in [0.2, 0.25) is 0 Å². The molecule has 2 saturated heterocycles. The Balaban J connectivity index is 1.32. The number of rotatable bonds is 8. The van der Waals surface area contributed by atoms with Crippen molar-refractivity contribution in [2.45, 2.75) is 18.6 Å². The molecule has 2 unspecified atom stereocenters. The predicted molar refractivity (Wildman–Crippen MR) is 121 cm³/mol. The van der Waals surface area contributed by atoms with E-state index in [0.717, 1.165) is 31.1 Å². The van der Waals surface area contributed by atoms with Crippen LogP contribution in [-0.2, 0) is 15.9 Å². The van der Waals surface area contributed by atoms with Crippen LogP contribution in [0.1, 0.15) is 11.1 Å². The Labute approximate surface area is 181 Å². The van der Waals surface area contributed by atoms with Gasteiger partial charge in [-0.25, -0.2) is 0 Å². The molecule has 4 heteroatoms. The van der Waals surface area contributed by atoms with Crippen molar-refractivity contribution < 1.29 is 18.9 Å². The number of epoxide rings is 2. The molecule has 2 aliphatic heterocycles. The number of hydrogen-bond acceptors (Lipinski definition) is 4. The first-order valence-electron chi connectivity index (χ1n) is 10.8. The molecule has 4 aromatic rings. The summed E-state index contributed by atoms with van der Waals surface area (Å²) in [5, 5.41) is 4.90. The molecule has 0 N–H and O–H groups in total. The monoisotopic (exact) mass is 412 g/mol. The molecule has 4 aromatic carbocycles. The molecule has 156 valence electrons. The van der Waals surface area contributed by atoms with Crippen LogP contribution in [0.4, 0.5) is 0 Å². The quantitative estimate of drug-likeness (QED) is 0.376. The van der Waals surface area contributed by atoms with Crippen LogP contribution in [0.5, 0.6) is 11.5 Å². The Morgan fingerprint density at radius 2 is 1.13 bits per heavy atom. The highest BCUT2D eigenvalue weighted by molar-refractivity contribution is 5.90. The first-order valence-corrected chi connectivity index (χ1v) is 10.8. The van der Waals surface area contributed by atoms with Crippen LogP contribution in [0.25, 0.3) is 21.5 Å². The predicted octanol–water partition coefficient (Wildman–Crippen LogP) is 5.14. The molecule has 2 heterocycles. The van der Waals surface area contributed by atoms with Crippen LogP contribution in [0.3, 0.4) is 0 Å². The van der Waals surface area contributed by atoms with Gasteiger partial charge in [0.05, 0.1) is 13.2 Å². The summed E-state index contributed by atoms with van der Waals surface area (Å²) in [6.07, 6.45) is 1.35. The van der Waals surface area contributed by atoms with Crippen molar-refractivity contribution in [3.8, 4) is 11.5 Å². The fourth-order valence-corrected chi connectivity index (χ4v) is 4.03. The number of ether oxygens (including phenoxy) is 4. The lowest BCUT2D eigenvalue weighted by Crippen LogP contribution is -2.04. The summed E-state index contributed by atoms with van der Waals surface area (Å²) in [6, 6.07) is 25.7. The van der Waals surface area contributed by atoms with E-state index in [1.54, 1.807) is 0 Å². The van der Waals surface area contributed by atoms with Gasteiger partial charge in [0.2, 0.25) is 0 Å². The molecule has 2 aliphatic rings. The summed E-state index contributed by atoms with van der Waals surface area (Å²) in [6.45, 7) is 2.84. The SMILES string of the molecule is c1cc(Cc2cccc3ccc(OCC4CO4)cc23)c2cc(OCC3CO3)ccc2c1. The van der Waals surface area contributed by atoms with Crippen LogP contribution < -0.4 is 9.47 Å². The van der Waals surface area contributed by atoms with Gasteiger partial charge in [-0.05, 0) is 63.4 Å². The third-order valence-corrected chi connectivity index (χ3v) is 5.95. The van der Waals surface area contributed by atoms with Gasteiger partial charge in [-0.2, -0.15) is 0 Å². The van der Waals surface area contributed by atoms with Gasteiger partial charge < -0.3 is 18.9 Å². The maximum Gasteiger partial charge on any atom is 0.120 e. The highest BCUT2D eigenvalue weighted by Gasteiger charge is 2.23. The maximum atomic E-state index is 5.93. The Bertz CT molecular complexity index is 1140. The van der Waals surface area contributed by atoms with E-state index in [1.165, 1.54) is 32.7 Å². The fraction of sp³-hybridized carbons (Fsp3) is 0.259. The van der Waals surface area contributed by atoms with Gasteiger partial charge >= 0.3 is 0 Å². The normalized spacial score (nSPS) is 19.5. The lowest BCUT2D eigenvalue weighted by molar-refractivity contribution is 0.263. The lowest BCUT2D eigenvalue weighted by Gasteiger charge is -2.12. The largest absolute Gasteiger partial charge is 0.491 e. The van der Waals surface area contributed by atoms with E-state index < -0.39 is 0 Å². The average molecular weight is 412 g/mol. The molecule has 0 bridgehead atoms. The second-order valence-corrected chi connectivity index (χ2v) is 8.31. The van der Waals surface area contributed by atoms with Gasteiger partial charge in [0.25, 0.3) is 0 Å². The molecule has 0 saturated carbocycles. The Morgan fingerprint density at radius 3 is 1.58 bits per heavy atom. The van der Waals surface area contributed by atoms with Crippen LogP contribution in [0.15, 0.2) is 72.8 Å². The van der Waals surface area contributed by atoms with E-state index in [9.17, 15) is 0 Å². The third-order valence-electron chi connectivity index (χ3n) is 5.95. The van der Waals surface area contributed by atoms with Crippen LogP contribution in [-0.4, -0.2) is 38.6 Å². The van der Waals surface area contributed by atoms with Crippen LogP contribution in [0, 0.1) is 0 Å². The van der Waals surface area contributed by atoms with Gasteiger partial charge in [0, 0.05) is 0 Å². The van der Waals surface area contributed by atoms with Gasteiger partial charge in [-0.3, -0.25) is 0 Å². The molecule has 31 heavy (non-hydrogen) atoms. The molecular weight excluding hydrogens is 388 g/mol. The van der Waals surface area contributed by atoms with Gasteiger partial charge in [-0.1, -0.05) is 48.5 Å². The summed E-state index contributed by atoms with van der Waals surface area (Å²) in [4.78, 5) is 0. The van der Waals surface area contributed by atoms with Gasteiger partial charge in [0.1, 0.15) is 36.9 Å². The minimum absolute atomic E-state index is 0.254. The van der Waals surface area contributed by atoms with Crippen molar-refractivity contribution in [2.75, 3.05) is 26.4 Å². The van der Waals surface area contributed by atoms with E-state index in [4.69, 9.17) is 18.9 Å². The van der Waals surface area contributed by atoms with Crippen molar-refractivity contribution >= 4 is 21.5 Å². The summed E-state index contributed by atoms with van der Waals surface area (Å²) >= 11 is 0. The topological polar surface area (TPSA) is 43.5 Å². The second-order valence-electron chi connectivity index (χ2n) is 8.31. The molecule has 0 aliphatic carbocycles. The summed E-state index contributed by atoms with van der Waals surface area (Å²) in [5.74, 6) is 1.79. The van der Waals surface area contributed by atoms with E-state index in [-0.39, 0.29) is 12.2 Å². The van der Waals surface area contributed by atoms with E-state index in [0.29, 0.717) is 13.2 Å². The van der Waals surface area contributed by atoms with Crippen molar-refractivity contribution in [1.82, 2.24) is 0 Å². The molecular formula is C27H24O4. The molecule has 0 aromatic heterocycles. The summed E-state index contributed by atoms with van der Waals surface area (Å²) < 4.78 is 22.4. The lowest BCUT2D eigenvalue weighted by atomic mass is 9.95. The van der Waals surface area contributed by atoms with E-state index >= 15 is 0 Å². The molecule has 6 rings (SSSR count). The summed E-state index contributed by atoms with van der Waals surface area (Å²) in [7, 11) is 0. The number of hydrogen-bond donors (Lipinski definition) is 0. The minimum Gasteiger partial charge on any atom is -0.491 e. The molecule has 2 atom stereocenters. The molecule has 4 nitrogen and oxygen atoms in total. The third kappa shape index (κ3) is 4.22. The minimum atomic E-state index is 0.254. The Kier molecular flexibility index (Phi) is 4.74. The van der Waals surface area contributed by atoms with Gasteiger partial charge in [-0.15, -0.1) is 0 Å².